The van der Waals surface area contributed by atoms with Gasteiger partial charge in [-0.05, 0) is 55.4 Å². The van der Waals surface area contributed by atoms with E-state index in [2.05, 4.69) is 10.3 Å². The Balaban J connectivity index is 1.65. The van der Waals surface area contributed by atoms with Crippen molar-refractivity contribution in [3.63, 3.8) is 0 Å². The number of carbonyl (C=O) groups is 2. The zero-order chi connectivity index (χ0) is 19.0. The third-order valence-corrected chi connectivity index (χ3v) is 6.14. The third-order valence-electron chi connectivity index (χ3n) is 5.07. The van der Waals surface area contributed by atoms with Crippen LogP contribution < -0.4 is 5.32 Å². The van der Waals surface area contributed by atoms with Gasteiger partial charge in [0.1, 0.15) is 11.9 Å². The second-order valence-electron chi connectivity index (χ2n) is 6.74. The van der Waals surface area contributed by atoms with E-state index in [0.29, 0.717) is 23.7 Å². The molecule has 2 heterocycles. The summed E-state index contributed by atoms with van der Waals surface area (Å²) in [6.07, 6.45) is 4.08. The van der Waals surface area contributed by atoms with Gasteiger partial charge in [-0.1, -0.05) is 6.07 Å². The molecule has 0 saturated carbocycles. The van der Waals surface area contributed by atoms with Gasteiger partial charge in [0.25, 0.3) is 5.91 Å². The van der Waals surface area contributed by atoms with Gasteiger partial charge in [-0.3, -0.25) is 15.0 Å². The standard InChI is InChI=1S/C19H20FN3O3S/c1-26-19(25)23-9-8-11-6-7-12(20)10-13(11)16(23)17(24)22-18-21-14-4-2-3-5-15(14)27-18/h6-7,10,16H,2-5,8-9H2,1H3,(H,21,22,24)/t16-/m0/s1. The number of nitrogens with zero attached hydrogens (tertiary/aromatic N) is 2. The van der Waals surface area contributed by atoms with Crippen LogP contribution in [-0.4, -0.2) is 35.5 Å². The Labute approximate surface area is 160 Å². The number of fused-ring (bicyclic) bond motifs is 2. The van der Waals surface area contributed by atoms with Gasteiger partial charge in [-0.15, -0.1) is 11.3 Å². The number of thiazole rings is 1. The highest BCUT2D eigenvalue weighted by atomic mass is 32.1. The van der Waals surface area contributed by atoms with E-state index in [9.17, 15) is 14.0 Å². The number of benzene rings is 1. The van der Waals surface area contributed by atoms with Crippen molar-refractivity contribution in [3.05, 3.63) is 45.7 Å². The molecule has 1 aromatic carbocycles. The molecular weight excluding hydrogens is 369 g/mol. The molecule has 8 heteroatoms. The van der Waals surface area contributed by atoms with E-state index in [-0.39, 0.29) is 0 Å². The monoisotopic (exact) mass is 389 g/mol. The summed E-state index contributed by atoms with van der Waals surface area (Å²) in [5, 5.41) is 3.36. The number of halogens is 1. The summed E-state index contributed by atoms with van der Waals surface area (Å²) in [6.45, 7) is 0.331. The Morgan fingerprint density at radius 2 is 2.11 bits per heavy atom. The van der Waals surface area contributed by atoms with Crippen LogP contribution in [0.3, 0.4) is 0 Å². The molecule has 0 radical (unpaired) electrons. The third kappa shape index (κ3) is 3.41. The number of nitrogens with one attached hydrogen (secondary N) is 1. The number of aromatic nitrogens is 1. The number of rotatable bonds is 2. The second kappa shape index (κ2) is 7.26. The fraction of sp³-hybridized carbons (Fsp3) is 0.421. The summed E-state index contributed by atoms with van der Waals surface area (Å²) in [4.78, 5) is 32.3. The first-order chi connectivity index (χ1) is 13.1. The molecule has 0 fully saturated rings. The van der Waals surface area contributed by atoms with E-state index in [1.165, 1.54) is 40.4 Å². The number of hydrogen-bond donors (Lipinski definition) is 1. The van der Waals surface area contributed by atoms with E-state index in [4.69, 9.17) is 4.74 Å². The number of methoxy groups -OCH3 is 1. The molecule has 2 amide bonds. The topological polar surface area (TPSA) is 71.5 Å². The molecular formula is C19H20FN3O3S. The molecule has 1 aliphatic carbocycles. The van der Waals surface area contributed by atoms with Crippen LogP contribution in [0.15, 0.2) is 18.2 Å². The fourth-order valence-corrected chi connectivity index (χ4v) is 4.81. The number of carbonyl (C=O) groups excluding carboxylic acids is 2. The van der Waals surface area contributed by atoms with E-state index < -0.39 is 23.9 Å². The summed E-state index contributed by atoms with van der Waals surface area (Å²) in [6, 6.07) is 3.41. The Hall–Kier alpha value is -2.48. The van der Waals surface area contributed by atoms with Crippen molar-refractivity contribution in [2.24, 2.45) is 0 Å². The maximum atomic E-state index is 13.8. The van der Waals surface area contributed by atoms with Crippen molar-refractivity contribution in [2.75, 3.05) is 19.0 Å². The van der Waals surface area contributed by atoms with Crippen LogP contribution in [-0.2, 0) is 28.8 Å². The highest BCUT2D eigenvalue weighted by Crippen LogP contribution is 2.34. The van der Waals surface area contributed by atoms with Gasteiger partial charge in [0.05, 0.1) is 12.8 Å². The number of anilines is 1. The maximum absolute atomic E-state index is 13.8. The second-order valence-corrected chi connectivity index (χ2v) is 7.83. The maximum Gasteiger partial charge on any atom is 0.410 e. The first-order valence-electron chi connectivity index (χ1n) is 8.99. The number of ether oxygens (including phenoxy) is 1. The van der Waals surface area contributed by atoms with Crippen LogP contribution in [0.25, 0.3) is 0 Å². The van der Waals surface area contributed by atoms with Gasteiger partial charge in [-0.2, -0.15) is 0 Å². The molecule has 2 aromatic rings. The molecule has 27 heavy (non-hydrogen) atoms. The lowest BCUT2D eigenvalue weighted by molar-refractivity contribution is -0.121. The van der Waals surface area contributed by atoms with Gasteiger partial charge in [0.2, 0.25) is 0 Å². The van der Waals surface area contributed by atoms with Gasteiger partial charge in [-0.25, -0.2) is 14.2 Å². The summed E-state index contributed by atoms with van der Waals surface area (Å²) < 4.78 is 18.7. The first-order valence-corrected chi connectivity index (χ1v) is 9.81. The Morgan fingerprint density at radius 1 is 1.30 bits per heavy atom. The molecule has 142 valence electrons. The fourth-order valence-electron chi connectivity index (χ4n) is 3.76. The van der Waals surface area contributed by atoms with Gasteiger partial charge in [0.15, 0.2) is 5.13 Å². The molecule has 0 bridgehead atoms. The lowest BCUT2D eigenvalue weighted by Crippen LogP contribution is -2.45. The Bertz CT molecular complexity index is 875. The largest absolute Gasteiger partial charge is 0.453 e. The molecule has 0 saturated heterocycles. The minimum atomic E-state index is -0.946. The van der Waals surface area contributed by atoms with E-state index in [1.54, 1.807) is 6.07 Å². The number of amides is 2. The minimum absolute atomic E-state index is 0.331. The zero-order valence-electron chi connectivity index (χ0n) is 15.0. The first kappa shape index (κ1) is 17.9. The van der Waals surface area contributed by atoms with E-state index >= 15 is 0 Å². The summed E-state index contributed by atoms with van der Waals surface area (Å²) in [5.74, 6) is -0.846. The van der Waals surface area contributed by atoms with Crippen LogP contribution in [0.2, 0.25) is 0 Å². The van der Waals surface area contributed by atoms with Gasteiger partial charge < -0.3 is 4.74 Å². The molecule has 1 aliphatic heterocycles. The summed E-state index contributed by atoms with van der Waals surface area (Å²) in [7, 11) is 1.27. The average molecular weight is 389 g/mol. The molecule has 0 spiro atoms. The highest BCUT2D eigenvalue weighted by Gasteiger charge is 2.37. The minimum Gasteiger partial charge on any atom is -0.453 e. The molecule has 2 aliphatic rings. The molecule has 1 aromatic heterocycles. The van der Waals surface area contributed by atoms with Crippen LogP contribution in [0.5, 0.6) is 0 Å². The van der Waals surface area contributed by atoms with Crippen molar-refractivity contribution in [1.29, 1.82) is 0 Å². The predicted molar refractivity (Wildman–Crippen MR) is 99.3 cm³/mol. The van der Waals surface area contributed by atoms with Crippen molar-refractivity contribution in [2.45, 2.75) is 38.1 Å². The normalized spacial score (nSPS) is 18.4. The highest BCUT2D eigenvalue weighted by molar-refractivity contribution is 7.15. The number of aryl methyl sites for hydroxylation is 2. The quantitative estimate of drug-likeness (QED) is 0.854. The molecule has 4 rings (SSSR count). The van der Waals surface area contributed by atoms with Crippen LogP contribution in [0.4, 0.5) is 14.3 Å². The lowest BCUT2D eigenvalue weighted by Gasteiger charge is -2.35. The molecule has 1 atom stereocenters. The average Bonchev–Trinajstić information content (AvgIpc) is 3.08. The van der Waals surface area contributed by atoms with Crippen molar-refractivity contribution < 1.29 is 18.7 Å². The molecule has 0 unspecified atom stereocenters. The van der Waals surface area contributed by atoms with Crippen molar-refractivity contribution >= 4 is 28.5 Å². The van der Waals surface area contributed by atoms with E-state index in [0.717, 1.165) is 36.9 Å². The lowest BCUT2D eigenvalue weighted by atomic mass is 9.92. The summed E-state index contributed by atoms with van der Waals surface area (Å²) in [5.41, 5.74) is 2.39. The Morgan fingerprint density at radius 3 is 2.89 bits per heavy atom. The zero-order valence-corrected chi connectivity index (χ0v) is 15.8. The number of hydrogen-bond acceptors (Lipinski definition) is 5. The molecule has 1 N–H and O–H groups in total. The summed E-state index contributed by atoms with van der Waals surface area (Å²) >= 11 is 1.48. The van der Waals surface area contributed by atoms with Crippen LogP contribution in [0.1, 0.15) is 40.6 Å². The molecule has 6 nitrogen and oxygen atoms in total. The van der Waals surface area contributed by atoms with Crippen molar-refractivity contribution in [1.82, 2.24) is 9.88 Å². The van der Waals surface area contributed by atoms with E-state index in [1.807, 2.05) is 0 Å². The van der Waals surface area contributed by atoms with Crippen molar-refractivity contribution in [3.8, 4) is 0 Å². The Kier molecular flexibility index (Phi) is 4.82. The van der Waals surface area contributed by atoms with Gasteiger partial charge >= 0.3 is 6.09 Å². The SMILES string of the molecule is COC(=O)N1CCc2ccc(F)cc2[C@H]1C(=O)Nc1nc2c(s1)CCCC2. The van der Waals surface area contributed by atoms with Crippen LogP contribution >= 0.6 is 11.3 Å². The predicted octanol–water partition coefficient (Wildman–Crippen LogP) is 3.47. The van der Waals surface area contributed by atoms with Crippen LogP contribution in [0, 0.1) is 5.82 Å². The van der Waals surface area contributed by atoms with Gasteiger partial charge in [0, 0.05) is 11.4 Å². The smallest absolute Gasteiger partial charge is 0.410 e.